The van der Waals surface area contributed by atoms with Crippen LogP contribution in [0.1, 0.15) is 35.7 Å². The smallest absolute Gasteiger partial charge is 0.335 e. The first-order valence-corrected chi connectivity index (χ1v) is 7.74. The van der Waals surface area contributed by atoms with Crippen molar-refractivity contribution in [1.29, 1.82) is 0 Å². The monoisotopic (exact) mass is 301 g/mol. The number of rotatable bonds is 7. The van der Waals surface area contributed by atoms with Gasteiger partial charge in [0.05, 0.1) is 16.6 Å². The van der Waals surface area contributed by atoms with Crippen molar-refractivity contribution in [3.63, 3.8) is 0 Å². The van der Waals surface area contributed by atoms with Crippen LogP contribution in [0.3, 0.4) is 0 Å². The van der Waals surface area contributed by atoms with E-state index in [1.807, 2.05) is 0 Å². The summed E-state index contributed by atoms with van der Waals surface area (Å²) in [4.78, 5) is 10.9. The summed E-state index contributed by atoms with van der Waals surface area (Å²) >= 11 is 0. The van der Waals surface area contributed by atoms with Crippen molar-refractivity contribution in [2.75, 3.05) is 6.54 Å². The normalized spacial score (nSPS) is 13.2. The van der Waals surface area contributed by atoms with Crippen LogP contribution in [-0.2, 0) is 10.0 Å². The van der Waals surface area contributed by atoms with Crippen LogP contribution in [0.5, 0.6) is 0 Å². The van der Waals surface area contributed by atoms with Crippen LogP contribution < -0.4 is 4.72 Å². The summed E-state index contributed by atoms with van der Waals surface area (Å²) < 4.78 is 26.6. The molecule has 0 amide bonds. The molecule has 6 nitrogen and oxygen atoms in total. The van der Waals surface area contributed by atoms with Gasteiger partial charge in [-0.15, -0.1) is 0 Å². The third-order valence-electron chi connectivity index (χ3n) is 2.82. The third-order valence-corrected chi connectivity index (χ3v) is 4.42. The molecule has 0 heterocycles. The van der Waals surface area contributed by atoms with Crippen molar-refractivity contribution >= 4 is 16.0 Å². The van der Waals surface area contributed by atoms with Crippen LogP contribution in [0, 0.1) is 6.92 Å². The van der Waals surface area contributed by atoms with Crippen LogP contribution in [0.4, 0.5) is 0 Å². The van der Waals surface area contributed by atoms with Gasteiger partial charge in [0.2, 0.25) is 10.0 Å². The minimum atomic E-state index is -3.74. The first kappa shape index (κ1) is 16.6. The van der Waals surface area contributed by atoms with E-state index in [1.54, 1.807) is 13.8 Å². The molecule has 0 saturated heterocycles. The molecule has 1 atom stereocenters. The summed E-state index contributed by atoms with van der Waals surface area (Å²) in [6.45, 7) is 3.44. The Morgan fingerprint density at radius 2 is 2.05 bits per heavy atom. The quantitative estimate of drug-likeness (QED) is 0.655. The maximum Gasteiger partial charge on any atom is 0.335 e. The van der Waals surface area contributed by atoms with Gasteiger partial charge in [0.25, 0.3) is 0 Å². The largest absolute Gasteiger partial charge is 0.478 e. The lowest BCUT2D eigenvalue weighted by atomic mass is 10.1. The Morgan fingerprint density at radius 1 is 1.40 bits per heavy atom. The van der Waals surface area contributed by atoms with E-state index < -0.39 is 22.1 Å². The number of sulfonamides is 1. The Morgan fingerprint density at radius 3 is 2.60 bits per heavy atom. The summed E-state index contributed by atoms with van der Waals surface area (Å²) in [5, 5.41) is 18.0. The average molecular weight is 301 g/mol. The molecule has 0 radical (unpaired) electrons. The minimum absolute atomic E-state index is 0.0329. The van der Waals surface area contributed by atoms with Gasteiger partial charge < -0.3 is 10.2 Å². The zero-order valence-electron chi connectivity index (χ0n) is 11.5. The molecule has 7 heteroatoms. The molecule has 0 fully saturated rings. The lowest BCUT2D eigenvalue weighted by Crippen LogP contribution is -2.26. The number of hydrogen-bond donors (Lipinski definition) is 3. The van der Waals surface area contributed by atoms with Crippen LogP contribution in [0.15, 0.2) is 23.1 Å². The maximum atomic E-state index is 12.1. The molecular formula is C13H19NO5S. The van der Waals surface area contributed by atoms with Crippen molar-refractivity contribution < 1.29 is 23.4 Å². The van der Waals surface area contributed by atoms with Crippen molar-refractivity contribution in [3.05, 3.63) is 29.3 Å². The number of carbonyl (C=O) groups is 1. The Labute approximate surface area is 118 Å². The molecule has 0 aliphatic carbocycles. The van der Waals surface area contributed by atoms with Gasteiger partial charge in [-0.2, -0.15) is 0 Å². The van der Waals surface area contributed by atoms with Crippen molar-refractivity contribution in [2.45, 2.75) is 37.7 Å². The molecule has 1 unspecified atom stereocenters. The van der Waals surface area contributed by atoms with Crippen molar-refractivity contribution in [2.24, 2.45) is 0 Å². The van der Waals surface area contributed by atoms with Gasteiger partial charge in [-0.05, 0) is 44.4 Å². The van der Waals surface area contributed by atoms with E-state index in [1.165, 1.54) is 12.1 Å². The van der Waals surface area contributed by atoms with Crippen molar-refractivity contribution in [1.82, 2.24) is 4.72 Å². The number of aromatic carboxylic acids is 1. The summed E-state index contributed by atoms with van der Waals surface area (Å²) in [6.07, 6.45) is 0.530. The fourth-order valence-electron chi connectivity index (χ4n) is 1.70. The molecule has 20 heavy (non-hydrogen) atoms. The molecule has 0 bridgehead atoms. The number of aliphatic hydroxyl groups is 1. The fourth-order valence-corrected chi connectivity index (χ4v) is 3.05. The molecule has 0 aromatic heterocycles. The Bertz CT molecular complexity index is 580. The van der Waals surface area contributed by atoms with Gasteiger partial charge >= 0.3 is 5.97 Å². The van der Waals surface area contributed by atoms with Crippen LogP contribution >= 0.6 is 0 Å². The first-order chi connectivity index (χ1) is 9.24. The van der Waals surface area contributed by atoms with Gasteiger partial charge in [-0.3, -0.25) is 0 Å². The first-order valence-electron chi connectivity index (χ1n) is 6.25. The van der Waals surface area contributed by atoms with E-state index in [2.05, 4.69) is 4.72 Å². The van der Waals surface area contributed by atoms with E-state index in [4.69, 9.17) is 10.2 Å². The minimum Gasteiger partial charge on any atom is -0.478 e. The average Bonchev–Trinajstić information content (AvgIpc) is 2.34. The molecule has 0 spiro atoms. The third kappa shape index (κ3) is 4.59. The topological polar surface area (TPSA) is 104 Å². The summed E-state index contributed by atoms with van der Waals surface area (Å²) in [5.41, 5.74) is 0.415. The molecule has 1 aromatic carbocycles. The zero-order chi connectivity index (χ0) is 15.3. The Balaban J connectivity index is 2.86. The lowest BCUT2D eigenvalue weighted by Gasteiger charge is -2.10. The van der Waals surface area contributed by atoms with E-state index in [0.717, 1.165) is 6.07 Å². The Hall–Kier alpha value is -1.44. The molecule has 3 N–H and O–H groups in total. The molecule has 1 rings (SSSR count). The van der Waals surface area contributed by atoms with Crippen LogP contribution in [-0.4, -0.2) is 37.2 Å². The van der Waals surface area contributed by atoms with Gasteiger partial charge in [0.15, 0.2) is 0 Å². The van der Waals surface area contributed by atoms with E-state index in [9.17, 15) is 13.2 Å². The zero-order valence-corrected chi connectivity index (χ0v) is 12.3. The Kier molecular flexibility index (Phi) is 5.67. The molecular weight excluding hydrogens is 282 g/mol. The van der Waals surface area contributed by atoms with Crippen LogP contribution in [0.25, 0.3) is 0 Å². The highest BCUT2D eigenvalue weighted by atomic mass is 32.2. The highest BCUT2D eigenvalue weighted by molar-refractivity contribution is 7.89. The summed E-state index contributed by atoms with van der Waals surface area (Å²) in [5.74, 6) is -1.17. The van der Waals surface area contributed by atoms with Gasteiger partial charge in [0.1, 0.15) is 0 Å². The second-order valence-corrected chi connectivity index (χ2v) is 6.41. The summed E-state index contributed by atoms with van der Waals surface area (Å²) in [7, 11) is -3.74. The highest BCUT2D eigenvalue weighted by Gasteiger charge is 2.18. The second-order valence-electron chi connectivity index (χ2n) is 4.67. The number of aliphatic hydroxyl groups excluding tert-OH is 1. The lowest BCUT2D eigenvalue weighted by molar-refractivity contribution is 0.0696. The van der Waals surface area contributed by atoms with Crippen LogP contribution in [0.2, 0.25) is 0 Å². The second kappa shape index (κ2) is 6.83. The molecule has 0 saturated carbocycles. The number of carboxylic acid groups (broad SMARTS) is 1. The van der Waals surface area contributed by atoms with E-state index in [0.29, 0.717) is 18.4 Å². The predicted molar refractivity (Wildman–Crippen MR) is 74.2 cm³/mol. The van der Waals surface area contributed by atoms with Crippen molar-refractivity contribution in [3.8, 4) is 0 Å². The SMILES string of the molecule is Cc1ccc(C(=O)O)cc1S(=O)(=O)NCCCC(C)O. The number of carboxylic acids is 1. The standard InChI is InChI=1S/C13H19NO5S/c1-9-5-6-11(13(16)17)8-12(9)20(18,19)14-7-3-4-10(2)15/h5-6,8,10,14-15H,3-4,7H2,1-2H3,(H,16,17). The predicted octanol–water partition coefficient (Wildman–Crippen LogP) is 1.13. The van der Waals surface area contributed by atoms with Gasteiger partial charge in [-0.25, -0.2) is 17.9 Å². The number of nitrogens with one attached hydrogen (secondary N) is 1. The van der Waals surface area contributed by atoms with E-state index >= 15 is 0 Å². The molecule has 1 aromatic rings. The number of benzene rings is 1. The molecule has 0 aliphatic rings. The summed E-state index contributed by atoms with van der Waals surface area (Å²) in [6, 6.07) is 3.98. The fraction of sp³-hybridized carbons (Fsp3) is 0.462. The molecule has 112 valence electrons. The number of hydrogen-bond acceptors (Lipinski definition) is 4. The maximum absolute atomic E-state index is 12.1. The molecule has 0 aliphatic heterocycles. The van der Waals surface area contributed by atoms with E-state index in [-0.39, 0.29) is 17.0 Å². The van der Waals surface area contributed by atoms with Gasteiger partial charge in [0, 0.05) is 6.54 Å². The van der Waals surface area contributed by atoms with Gasteiger partial charge in [-0.1, -0.05) is 6.07 Å². The number of aryl methyl sites for hydroxylation is 1. The highest BCUT2D eigenvalue weighted by Crippen LogP contribution is 2.17.